The van der Waals surface area contributed by atoms with E-state index < -0.39 is 10.5 Å². The molecular formula is C12H15N3O4. The number of amides is 1. The first kappa shape index (κ1) is 13.3. The number of carbonyl (C=O) groups is 1. The Morgan fingerprint density at radius 3 is 2.68 bits per heavy atom. The normalized spacial score (nSPS) is 16.3. The number of rotatable bonds is 4. The van der Waals surface area contributed by atoms with Gasteiger partial charge in [0, 0.05) is 0 Å². The number of nitrogens with one attached hydrogen (secondary N) is 1. The van der Waals surface area contributed by atoms with Gasteiger partial charge >= 0.3 is 0 Å². The topological polar surface area (TPSA) is 107 Å². The van der Waals surface area contributed by atoms with Crippen LogP contribution in [0.2, 0.25) is 0 Å². The zero-order valence-corrected chi connectivity index (χ0v) is 10.5. The first-order valence-electron chi connectivity index (χ1n) is 5.89. The third-order valence-electron chi connectivity index (χ3n) is 3.35. The Labute approximate surface area is 109 Å². The summed E-state index contributed by atoms with van der Waals surface area (Å²) in [6.45, 7) is 0. The summed E-state index contributed by atoms with van der Waals surface area (Å²) in [4.78, 5) is 22.4. The summed E-state index contributed by atoms with van der Waals surface area (Å²) in [5.41, 5.74) is 4.89. The minimum atomic E-state index is -0.895. The van der Waals surface area contributed by atoms with Crippen LogP contribution < -0.4 is 15.8 Å². The first-order valence-corrected chi connectivity index (χ1v) is 5.89. The molecule has 1 aliphatic carbocycles. The van der Waals surface area contributed by atoms with Crippen molar-refractivity contribution < 1.29 is 14.5 Å². The van der Waals surface area contributed by atoms with E-state index in [0.29, 0.717) is 18.6 Å². The van der Waals surface area contributed by atoms with Gasteiger partial charge in [-0.2, -0.15) is 0 Å². The van der Waals surface area contributed by atoms with E-state index >= 15 is 0 Å². The van der Waals surface area contributed by atoms with Crippen molar-refractivity contribution >= 4 is 17.3 Å². The van der Waals surface area contributed by atoms with Gasteiger partial charge in [0.15, 0.2) is 0 Å². The largest absolute Gasteiger partial charge is 0.496 e. The van der Waals surface area contributed by atoms with Crippen molar-refractivity contribution in [2.75, 3.05) is 12.4 Å². The zero-order chi connectivity index (χ0) is 14.0. The molecule has 1 aromatic carbocycles. The molecule has 1 fully saturated rings. The lowest BCUT2D eigenvalue weighted by molar-refractivity contribution is -0.384. The van der Waals surface area contributed by atoms with E-state index in [4.69, 9.17) is 10.5 Å². The smallest absolute Gasteiger partial charge is 0.296 e. The molecule has 1 aliphatic rings. The summed E-state index contributed by atoms with van der Waals surface area (Å²) >= 11 is 0. The molecule has 7 nitrogen and oxygen atoms in total. The van der Waals surface area contributed by atoms with Crippen LogP contribution in [0.15, 0.2) is 18.2 Å². The van der Waals surface area contributed by atoms with E-state index in [2.05, 4.69) is 5.32 Å². The molecule has 1 aromatic rings. The highest BCUT2D eigenvalue weighted by molar-refractivity contribution is 6.00. The maximum Gasteiger partial charge on any atom is 0.296 e. The molecule has 0 radical (unpaired) electrons. The second-order valence-corrected chi connectivity index (χ2v) is 4.60. The molecule has 0 saturated heterocycles. The molecule has 3 N–H and O–H groups in total. The quantitative estimate of drug-likeness (QED) is 0.632. The SMILES string of the molecule is COc1ccc(NC(=O)C2(N)CCC2)c([N+](=O)[O-])c1. The van der Waals surface area contributed by atoms with Crippen molar-refractivity contribution in [3.8, 4) is 5.75 Å². The number of carbonyl (C=O) groups excluding carboxylic acids is 1. The molecule has 0 heterocycles. The van der Waals surface area contributed by atoms with Crippen LogP contribution in [-0.2, 0) is 4.79 Å². The van der Waals surface area contributed by atoms with Crippen LogP contribution in [0.1, 0.15) is 19.3 Å². The standard InChI is InChI=1S/C12H15N3O4/c1-19-8-3-4-9(10(7-8)15(17)18)14-11(16)12(13)5-2-6-12/h3-4,7H,2,5-6,13H2,1H3,(H,14,16). The molecule has 1 amide bonds. The van der Waals surface area contributed by atoms with Crippen molar-refractivity contribution in [1.82, 2.24) is 0 Å². The minimum Gasteiger partial charge on any atom is -0.496 e. The number of hydrogen-bond acceptors (Lipinski definition) is 5. The number of methoxy groups -OCH3 is 1. The van der Waals surface area contributed by atoms with Crippen LogP contribution in [-0.4, -0.2) is 23.5 Å². The van der Waals surface area contributed by atoms with E-state index in [-0.39, 0.29) is 17.3 Å². The fourth-order valence-electron chi connectivity index (χ4n) is 1.93. The Morgan fingerprint density at radius 2 is 2.21 bits per heavy atom. The monoisotopic (exact) mass is 265 g/mol. The average Bonchev–Trinajstić information content (AvgIpc) is 2.35. The number of hydrogen-bond donors (Lipinski definition) is 2. The molecule has 1 saturated carbocycles. The van der Waals surface area contributed by atoms with E-state index in [1.165, 1.54) is 19.2 Å². The van der Waals surface area contributed by atoms with Crippen molar-refractivity contribution in [2.45, 2.75) is 24.8 Å². The molecular weight excluding hydrogens is 250 g/mol. The molecule has 0 spiro atoms. The molecule has 7 heteroatoms. The average molecular weight is 265 g/mol. The summed E-state index contributed by atoms with van der Waals surface area (Å²) in [6, 6.07) is 4.25. The predicted octanol–water partition coefficient (Wildman–Crippen LogP) is 1.42. The van der Waals surface area contributed by atoms with Crippen LogP contribution in [0.4, 0.5) is 11.4 Å². The maximum atomic E-state index is 12.0. The van der Waals surface area contributed by atoms with Gasteiger partial charge in [0.25, 0.3) is 5.69 Å². The highest BCUT2D eigenvalue weighted by Gasteiger charge is 2.40. The van der Waals surface area contributed by atoms with Gasteiger partial charge < -0.3 is 15.8 Å². The van der Waals surface area contributed by atoms with Crippen molar-refractivity contribution in [1.29, 1.82) is 0 Å². The molecule has 2 rings (SSSR count). The molecule has 0 atom stereocenters. The van der Waals surface area contributed by atoms with E-state index in [0.717, 1.165) is 6.42 Å². The van der Waals surface area contributed by atoms with Gasteiger partial charge in [-0.15, -0.1) is 0 Å². The van der Waals surface area contributed by atoms with Crippen LogP contribution in [0.3, 0.4) is 0 Å². The number of nitro groups is 1. The number of anilines is 1. The number of nitrogens with two attached hydrogens (primary N) is 1. The Hall–Kier alpha value is -2.15. The van der Waals surface area contributed by atoms with E-state index in [1.54, 1.807) is 6.07 Å². The predicted molar refractivity (Wildman–Crippen MR) is 69.0 cm³/mol. The highest BCUT2D eigenvalue weighted by Crippen LogP contribution is 2.33. The lowest BCUT2D eigenvalue weighted by atomic mass is 9.77. The van der Waals surface area contributed by atoms with Gasteiger partial charge in [-0.05, 0) is 31.4 Å². The Balaban J connectivity index is 2.24. The van der Waals surface area contributed by atoms with Gasteiger partial charge in [-0.1, -0.05) is 0 Å². The fourth-order valence-corrected chi connectivity index (χ4v) is 1.93. The number of benzene rings is 1. The van der Waals surface area contributed by atoms with Gasteiger partial charge in [0.1, 0.15) is 11.4 Å². The molecule has 102 valence electrons. The number of nitrogens with zero attached hydrogens (tertiary/aromatic N) is 1. The zero-order valence-electron chi connectivity index (χ0n) is 10.5. The third-order valence-corrected chi connectivity index (χ3v) is 3.35. The fraction of sp³-hybridized carbons (Fsp3) is 0.417. The molecule has 19 heavy (non-hydrogen) atoms. The minimum absolute atomic E-state index is 0.132. The lowest BCUT2D eigenvalue weighted by Crippen LogP contribution is -2.56. The van der Waals surface area contributed by atoms with Gasteiger partial charge in [-0.25, -0.2) is 0 Å². The number of ether oxygens (including phenoxy) is 1. The second kappa shape index (κ2) is 4.85. The van der Waals surface area contributed by atoms with Crippen LogP contribution in [0.25, 0.3) is 0 Å². The summed E-state index contributed by atoms with van der Waals surface area (Å²) in [7, 11) is 1.42. The number of nitro benzene ring substituents is 1. The van der Waals surface area contributed by atoms with E-state index in [9.17, 15) is 14.9 Å². The Morgan fingerprint density at radius 1 is 1.53 bits per heavy atom. The van der Waals surface area contributed by atoms with Crippen LogP contribution in [0.5, 0.6) is 5.75 Å². The molecule has 0 aromatic heterocycles. The molecule has 0 unspecified atom stereocenters. The van der Waals surface area contributed by atoms with Crippen molar-refractivity contribution in [3.05, 3.63) is 28.3 Å². The maximum absolute atomic E-state index is 12.0. The molecule has 0 aliphatic heterocycles. The van der Waals surface area contributed by atoms with Gasteiger partial charge in [0.2, 0.25) is 5.91 Å². The van der Waals surface area contributed by atoms with Gasteiger partial charge in [0.05, 0.1) is 23.6 Å². The van der Waals surface area contributed by atoms with Crippen molar-refractivity contribution in [3.63, 3.8) is 0 Å². The lowest BCUT2D eigenvalue weighted by Gasteiger charge is -2.36. The summed E-state index contributed by atoms with van der Waals surface area (Å²) < 4.78 is 4.92. The third kappa shape index (κ3) is 2.50. The van der Waals surface area contributed by atoms with Crippen molar-refractivity contribution in [2.24, 2.45) is 5.73 Å². The first-order chi connectivity index (χ1) is 8.96. The summed E-state index contributed by atoms with van der Waals surface area (Å²) in [5.74, 6) is -0.0252. The summed E-state index contributed by atoms with van der Waals surface area (Å²) in [6.07, 6.45) is 2.10. The second-order valence-electron chi connectivity index (χ2n) is 4.60. The Bertz CT molecular complexity index is 526. The summed E-state index contributed by atoms with van der Waals surface area (Å²) in [5, 5.41) is 13.5. The van der Waals surface area contributed by atoms with Crippen LogP contribution >= 0.6 is 0 Å². The van der Waals surface area contributed by atoms with E-state index in [1.807, 2.05) is 0 Å². The molecule has 0 bridgehead atoms. The van der Waals surface area contributed by atoms with Crippen LogP contribution in [0, 0.1) is 10.1 Å². The Kier molecular flexibility index (Phi) is 3.39. The van der Waals surface area contributed by atoms with Gasteiger partial charge in [-0.3, -0.25) is 14.9 Å². The highest BCUT2D eigenvalue weighted by atomic mass is 16.6.